The highest BCUT2D eigenvalue weighted by Gasteiger charge is 2.37. The van der Waals surface area contributed by atoms with E-state index in [0.29, 0.717) is 5.56 Å². The first-order valence-corrected chi connectivity index (χ1v) is 8.58. The fourth-order valence-corrected chi connectivity index (χ4v) is 3.55. The maximum Gasteiger partial charge on any atom is 0.255 e. The molecule has 0 atom stereocenters. The highest BCUT2D eigenvalue weighted by atomic mass is 16.3. The van der Waals surface area contributed by atoms with E-state index in [9.17, 15) is 15.0 Å². The molecule has 25 heavy (non-hydrogen) atoms. The molecule has 0 saturated carbocycles. The van der Waals surface area contributed by atoms with Crippen LogP contribution in [0.4, 0.5) is 5.69 Å². The van der Waals surface area contributed by atoms with Crippen molar-refractivity contribution in [3.63, 3.8) is 0 Å². The van der Waals surface area contributed by atoms with Crippen LogP contribution in [0.1, 0.15) is 62.0 Å². The topological polar surface area (TPSA) is 69.6 Å². The molecule has 4 heteroatoms. The molecule has 0 bridgehead atoms. The molecular weight excluding hydrogens is 314 g/mol. The van der Waals surface area contributed by atoms with E-state index in [1.807, 2.05) is 12.1 Å². The number of amides is 1. The SMILES string of the molecule is CC1(C)CCC(C)(C)c2cc(C(=O)Nc3ccc(O)cc3O)ccc21. The number of rotatable bonds is 2. The van der Waals surface area contributed by atoms with Gasteiger partial charge in [-0.2, -0.15) is 0 Å². The summed E-state index contributed by atoms with van der Waals surface area (Å²) in [6.45, 7) is 8.92. The first kappa shape index (κ1) is 17.3. The first-order valence-electron chi connectivity index (χ1n) is 8.58. The molecule has 0 spiro atoms. The molecule has 2 aromatic carbocycles. The molecule has 0 fully saturated rings. The van der Waals surface area contributed by atoms with Crippen molar-refractivity contribution < 1.29 is 15.0 Å². The zero-order valence-electron chi connectivity index (χ0n) is 15.2. The molecule has 0 radical (unpaired) electrons. The van der Waals surface area contributed by atoms with Gasteiger partial charge < -0.3 is 15.5 Å². The molecule has 1 aliphatic carbocycles. The molecule has 132 valence electrons. The van der Waals surface area contributed by atoms with Gasteiger partial charge >= 0.3 is 0 Å². The smallest absolute Gasteiger partial charge is 0.255 e. The van der Waals surface area contributed by atoms with E-state index in [0.717, 1.165) is 12.8 Å². The fraction of sp³-hybridized carbons (Fsp3) is 0.381. The van der Waals surface area contributed by atoms with Crippen LogP contribution < -0.4 is 5.32 Å². The minimum atomic E-state index is -0.275. The highest BCUT2D eigenvalue weighted by molar-refractivity contribution is 6.05. The van der Waals surface area contributed by atoms with Crippen LogP contribution in [0, 0.1) is 0 Å². The lowest BCUT2D eigenvalue weighted by Crippen LogP contribution is -2.34. The Morgan fingerprint density at radius 1 is 0.920 bits per heavy atom. The Bertz CT molecular complexity index is 837. The lowest BCUT2D eigenvalue weighted by molar-refractivity contribution is 0.102. The van der Waals surface area contributed by atoms with Crippen LogP contribution in [0.3, 0.4) is 0 Å². The average molecular weight is 339 g/mol. The van der Waals surface area contributed by atoms with Crippen molar-refractivity contribution in [2.24, 2.45) is 0 Å². The van der Waals surface area contributed by atoms with Gasteiger partial charge in [-0.1, -0.05) is 33.8 Å². The lowest BCUT2D eigenvalue weighted by Gasteiger charge is -2.42. The normalized spacial score (nSPS) is 17.6. The Kier molecular flexibility index (Phi) is 4.02. The molecule has 0 heterocycles. The summed E-state index contributed by atoms with van der Waals surface area (Å²) in [6, 6.07) is 9.98. The van der Waals surface area contributed by atoms with Gasteiger partial charge in [-0.05, 0) is 59.1 Å². The average Bonchev–Trinajstić information content (AvgIpc) is 2.54. The number of phenols is 2. The maximum atomic E-state index is 12.6. The Morgan fingerprint density at radius 3 is 2.20 bits per heavy atom. The van der Waals surface area contributed by atoms with Crippen molar-refractivity contribution in [3.8, 4) is 11.5 Å². The summed E-state index contributed by atoms with van der Waals surface area (Å²) in [7, 11) is 0. The molecule has 0 saturated heterocycles. The van der Waals surface area contributed by atoms with Crippen molar-refractivity contribution in [2.75, 3.05) is 5.32 Å². The molecule has 4 nitrogen and oxygen atoms in total. The molecule has 1 aliphatic rings. The van der Waals surface area contributed by atoms with Crippen molar-refractivity contribution in [1.82, 2.24) is 0 Å². The van der Waals surface area contributed by atoms with E-state index in [1.165, 1.54) is 29.3 Å². The fourth-order valence-electron chi connectivity index (χ4n) is 3.55. The molecule has 3 rings (SSSR count). The van der Waals surface area contributed by atoms with Crippen LogP contribution >= 0.6 is 0 Å². The standard InChI is InChI=1S/C21H25NO3/c1-20(2)9-10-21(3,4)16-11-13(5-7-15(16)20)19(25)22-17-8-6-14(23)12-18(17)24/h5-8,11-12,23-24H,9-10H2,1-4H3,(H,22,25). The Balaban J connectivity index is 1.95. The number of carbonyl (C=O) groups is 1. The molecule has 2 aromatic rings. The Hall–Kier alpha value is -2.49. The summed E-state index contributed by atoms with van der Waals surface area (Å²) in [6.07, 6.45) is 2.21. The number of phenolic OH excluding ortho intramolecular Hbond substituents is 2. The van der Waals surface area contributed by atoms with E-state index in [-0.39, 0.29) is 33.9 Å². The van der Waals surface area contributed by atoms with Crippen LogP contribution in [0.5, 0.6) is 11.5 Å². The van der Waals surface area contributed by atoms with Crippen molar-refractivity contribution in [1.29, 1.82) is 0 Å². The molecule has 0 unspecified atom stereocenters. The van der Waals surface area contributed by atoms with Gasteiger partial charge in [-0.3, -0.25) is 4.79 Å². The van der Waals surface area contributed by atoms with Crippen LogP contribution in [0.2, 0.25) is 0 Å². The maximum absolute atomic E-state index is 12.6. The Morgan fingerprint density at radius 2 is 1.56 bits per heavy atom. The molecular formula is C21H25NO3. The number of carbonyl (C=O) groups excluding carboxylic acids is 1. The van der Waals surface area contributed by atoms with Gasteiger partial charge in [-0.25, -0.2) is 0 Å². The number of anilines is 1. The summed E-state index contributed by atoms with van der Waals surface area (Å²) >= 11 is 0. The third kappa shape index (κ3) is 3.21. The second kappa shape index (κ2) is 5.80. The number of nitrogens with one attached hydrogen (secondary N) is 1. The summed E-state index contributed by atoms with van der Waals surface area (Å²) < 4.78 is 0. The minimum absolute atomic E-state index is 0.0296. The van der Waals surface area contributed by atoms with Crippen LogP contribution in [-0.2, 0) is 10.8 Å². The zero-order valence-corrected chi connectivity index (χ0v) is 15.2. The van der Waals surface area contributed by atoms with Gasteiger partial charge in [0, 0.05) is 11.6 Å². The minimum Gasteiger partial charge on any atom is -0.508 e. The third-order valence-corrected chi connectivity index (χ3v) is 5.34. The predicted molar refractivity (Wildman–Crippen MR) is 99.5 cm³/mol. The predicted octanol–water partition coefficient (Wildman–Crippen LogP) is 4.70. The summed E-state index contributed by atoms with van der Waals surface area (Å²) in [5, 5.41) is 21.9. The number of hydrogen-bond donors (Lipinski definition) is 3. The zero-order chi connectivity index (χ0) is 18.4. The largest absolute Gasteiger partial charge is 0.508 e. The highest BCUT2D eigenvalue weighted by Crippen LogP contribution is 2.46. The van der Waals surface area contributed by atoms with E-state index in [1.54, 1.807) is 0 Å². The summed E-state index contributed by atoms with van der Waals surface area (Å²) in [4.78, 5) is 12.6. The molecule has 0 aliphatic heterocycles. The molecule has 0 aromatic heterocycles. The van der Waals surface area contributed by atoms with Gasteiger partial charge in [0.15, 0.2) is 0 Å². The van der Waals surface area contributed by atoms with Crippen LogP contribution in [0.15, 0.2) is 36.4 Å². The van der Waals surface area contributed by atoms with Gasteiger partial charge in [-0.15, -0.1) is 0 Å². The quantitative estimate of drug-likeness (QED) is 0.549. The van der Waals surface area contributed by atoms with E-state index < -0.39 is 0 Å². The number of hydrogen-bond acceptors (Lipinski definition) is 3. The van der Waals surface area contributed by atoms with E-state index in [2.05, 4.69) is 39.1 Å². The van der Waals surface area contributed by atoms with Crippen LogP contribution in [-0.4, -0.2) is 16.1 Å². The second-order valence-electron chi connectivity index (χ2n) is 8.18. The van der Waals surface area contributed by atoms with Gasteiger partial charge in [0.2, 0.25) is 0 Å². The second-order valence-corrected chi connectivity index (χ2v) is 8.18. The summed E-state index contributed by atoms with van der Waals surface area (Å²) in [5.74, 6) is -0.482. The van der Waals surface area contributed by atoms with Gasteiger partial charge in [0.25, 0.3) is 5.91 Å². The molecule has 3 N–H and O–H groups in total. The van der Waals surface area contributed by atoms with Crippen molar-refractivity contribution >= 4 is 11.6 Å². The van der Waals surface area contributed by atoms with E-state index in [4.69, 9.17) is 0 Å². The monoisotopic (exact) mass is 339 g/mol. The first-order chi connectivity index (χ1) is 11.6. The van der Waals surface area contributed by atoms with Gasteiger partial charge in [0.1, 0.15) is 11.5 Å². The van der Waals surface area contributed by atoms with Crippen LogP contribution in [0.25, 0.3) is 0 Å². The lowest BCUT2D eigenvalue weighted by atomic mass is 9.63. The third-order valence-electron chi connectivity index (χ3n) is 5.34. The van der Waals surface area contributed by atoms with E-state index >= 15 is 0 Å². The van der Waals surface area contributed by atoms with Gasteiger partial charge in [0.05, 0.1) is 5.69 Å². The van der Waals surface area contributed by atoms with Crippen molar-refractivity contribution in [3.05, 3.63) is 53.1 Å². The number of aromatic hydroxyl groups is 2. The molecule has 1 amide bonds. The summed E-state index contributed by atoms with van der Waals surface area (Å²) in [5.41, 5.74) is 3.49. The number of benzene rings is 2. The number of fused-ring (bicyclic) bond motifs is 1. The van der Waals surface area contributed by atoms with Crippen molar-refractivity contribution in [2.45, 2.75) is 51.4 Å². The Labute approximate surface area is 148 Å².